The van der Waals surface area contributed by atoms with Crippen LogP contribution in [-0.4, -0.2) is 24.1 Å². The van der Waals surface area contributed by atoms with E-state index < -0.39 is 0 Å². The smallest absolute Gasteiger partial charge is 0.191 e. The average molecular weight is 508 g/mol. The Morgan fingerprint density at radius 2 is 1.93 bits per heavy atom. The molecule has 29 heavy (non-hydrogen) atoms. The summed E-state index contributed by atoms with van der Waals surface area (Å²) in [4.78, 5) is 8.96. The fourth-order valence-electron chi connectivity index (χ4n) is 2.92. The van der Waals surface area contributed by atoms with E-state index in [1.807, 2.05) is 50.4 Å². The second kappa shape index (κ2) is 11.5. The van der Waals surface area contributed by atoms with Gasteiger partial charge < -0.3 is 15.4 Å². The lowest BCUT2D eigenvalue weighted by Gasteiger charge is -2.13. The molecule has 0 atom stereocenters. The molecule has 5 nitrogen and oxygen atoms in total. The van der Waals surface area contributed by atoms with Crippen LogP contribution in [-0.2, 0) is 13.1 Å². The zero-order valence-electron chi connectivity index (χ0n) is 16.6. The van der Waals surface area contributed by atoms with Crippen molar-refractivity contribution in [3.63, 3.8) is 0 Å². The van der Waals surface area contributed by atoms with Crippen LogP contribution in [0.3, 0.4) is 0 Å². The van der Waals surface area contributed by atoms with Crippen LogP contribution in [0.5, 0.6) is 5.75 Å². The number of rotatable bonds is 7. The number of halogens is 2. The van der Waals surface area contributed by atoms with Crippen molar-refractivity contribution in [1.82, 2.24) is 15.6 Å². The lowest BCUT2D eigenvalue weighted by Crippen LogP contribution is -2.36. The van der Waals surface area contributed by atoms with Crippen LogP contribution in [0.25, 0.3) is 10.9 Å². The van der Waals surface area contributed by atoms with Gasteiger partial charge in [-0.2, -0.15) is 0 Å². The number of benzene rings is 2. The van der Waals surface area contributed by atoms with Crippen molar-refractivity contribution in [3.8, 4) is 5.75 Å². The third kappa shape index (κ3) is 6.28. The first-order valence-electron chi connectivity index (χ1n) is 9.47. The first-order valence-corrected chi connectivity index (χ1v) is 9.47. The van der Waals surface area contributed by atoms with Crippen LogP contribution >= 0.6 is 24.0 Å². The van der Waals surface area contributed by atoms with Gasteiger partial charge in [-0.1, -0.05) is 24.3 Å². The summed E-state index contributed by atoms with van der Waals surface area (Å²) < 4.78 is 19.3. The van der Waals surface area contributed by atoms with Crippen LogP contribution < -0.4 is 15.4 Å². The number of nitrogens with zero attached hydrogens (tertiary/aromatic N) is 2. The molecule has 3 rings (SSSR count). The van der Waals surface area contributed by atoms with E-state index in [0.717, 1.165) is 28.6 Å². The Kier molecular flexibility index (Phi) is 9.11. The first-order chi connectivity index (χ1) is 13.7. The summed E-state index contributed by atoms with van der Waals surface area (Å²) in [7, 11) is 0. The summed E-state index contributed by atoms with van der Waals surface area (Å²) in [6.45, 7) is 6.00. The topological polar surface area (TPSA) is 58.5 Å². The first kappa shape index (κ1) is 22.9. The molecule has 0 radical (unpaired) electrons. The van der Waals surface area contributed by atoms with Gasteiger partial charge in [0.05, 0.1) is 18.7 Å². The Morgan fingerprint density at radius 3 is 2.69 bits per heavy atom. The summed E-state index contributed by atoms with van der Waals surface area (Å²) >= 11 is 0. The summed E-state index contributed by atoms with van der Waals surface area (Å²) in [5.74, 6) is 0.582. The molecule has 0 aliphatic rings. The maximum Gasteiger partial charge on any atom is 0.191 e. The molecule has 7 heteroatoms. The fourth-order valence-corrected chi connectivity index (χ4v) is 2.92. The molecule has 0 saturated carbocycles. The van der Waals surface area contributed by atoms with Gasteiger partial charge in [-0.3, -0.25) is 4.98 Å². The molecule has 1 heterocycles. The lowest BCUT2D eigenvalue weighted by atomic mass is 10.1. The molecule has 0 bridgehead atoms. The normalized spacial score (nSPS) is 11.1. The molecule has 154 valence electrons. The molecule has 0 spiro atoms. The zero-order valence-corrected chi connectivity index (χ0v) is 18.9. The molecular formula is C22H26FIN4O. The largest absolute Gasteiger partial charge is 0.491 e. The van der Waals surface area contributed by atoms with Crippen LogP contribution in [0.15, 0.2) is 59.7 Å². The van der Waals surface area contributed by atoms with E-state index in [1.54, 1.807) is 6.07 Å². The number of pyridine rings is 1. The van der Waals surface area contributed by atoms with E-state index in [0.29, 0.717) is 25.7 Å². The predicted molar refractivity (Wildman–Crippen MR) is 126 cm³/mol. The highest BCUT2D eigenvalue weighted by Gasteiger charge is 2.06. The fraction of sp³-hybridized carbons (Fsp3) is 0.273. The molecule has 0 saturated heterocycles. The Hall–Kier alpha value is -2.42. The van der Waals surface area contributed by atoms with Crippen molar-refractivity contribution in [3.05, 3.63) is 71.7 Å². The van der Waals surface area contributed by atoms with E-state index in [1.165, 1.54) is 6.07 Å². The van der Waals surface area contributed by atoms with Gasteiger partial charge in [0.15, 0.2) is 17.5 Å². The summed E-state index contributed by atoms with van der Waals surface area (Å²) in [6, 6.07) is 15.0. The van der Waals surface area contributed by atoms with Crippen molar-refractivity contribution in [2.45, 2.75) is 26.9 Å². The molecule has 0 unspecified atom stereocenters. The van der Waals surface area contributed by atoms with Crippen molar-refractivity contribution < 1.29 is 9.13 Å². The molecule has 0 aliphatic heterocycles. The quantitative estimate of drug-likeness (QED) is 0.277. The summed E-state index contributed by atoms with van der Waals surface area (Å²) in [5, 5.41) is 7.67. The van der Waals surface area contributed by atoms with Gasteiger partial charge in [0.2, 0.25) is 0 Å². The van der Waals surface area contributed by atoms with Crippen LogP contribution in [0.2, 0.25) is 0 Å². The molecular weight excluding hydrogens is 482 g/mol. The highest BCUT2D eigenvalue weighted by atomic mass is 127. The predicted octanol–water partition coefficient (Wildman–Crippen LogP) is 4.65. The van der Waals surface area contributed by atoms with E-state index in [2.05, 4.69) is 26.7 Å². The Morgan fingerprint density at radius 1 is 1.10 bits per heavy atom. The number of para-hydroxylation sites is 1. The number of fused-ring (bicyclic) bond motifs is 1. The van der Waals surface area contributed by atoms with Crippen LogP contribution in [0.1, 0.15) is 25.0 Å². The Bertz CT molecular complexity index is 959. The number of hydrogen-bond donors (Lipinski definition) is 2. The minimum absolute atomic E-state index is 0. The number of aromatic nitrogens is 1. The van der Waals surface area contributed by atoms with Gasteiger partial charge in [-0.25, -0.2) is 9.38 Å². The van der Waals surface area contributed by atoms with Gasteiger partial charge in [0.25, 0.3) is 0 Å². The monoisotopic (exact) mass is 508 g/mol. The van der Waals surface area contributed by atoms with Gasteiger partial charge in [-0.05, 0) is 49.2 Å². The third-order valence-electron chi connectivity index (χ3n) is 4.25. The molecule has 1 aromatic heterocycles. The van der Waals surface area contributed by atoms with E-state index in [9.17, 15) is 4.39 Å². The second-order valence-electron chi connectivity index (χ2n) is 6.23. The third-order valence-corrected chi connectivity index (χ3v) is 4.25. The van der Waals surface area contributed by atoms with E-state index in [-0.39, 0.29) is 35.5 Å². The molecule has 0 amide bonds. The van der Waals surface area contributed by atoms with Crippen molar-refractivity contribution >= 4 is 40.8 Å². The Balaban J connectivity index is 0.00000300. The van der Waals surface area contributed by atoms with Crippen LogP contribution in [0, 0.1) is 5.82 Å². The number of ether oxygens (including phenoxy) is 1. The maximum atomic E-state index is 14.0. The number of guanidine groups is 1. The second-order valence-corrected chi connectivity index (χ2v) is 6.23. The Labute approximate surface area is 187 Å². The summed E-state index contributed by atoms with van der Waals surface area (Å²) in [6.07, 6.45) is 1.81. The zero-order chi connectivity index (χ0) is 19.8. The molecule has 2 aromatic carbocycles. The molecule has 2 N–H and O–H groups in total. The average Bonchev–Trinajstić information content (AvgIpc) is 2.72. The van der Waals surface area contributed by atoms with Crippen LogP contribution in [0.4, 0.5) is 4.39 Å². The molecule has 0 aliphatic carbocycles. The molecule has 3 aromatic rings. The SMILES string of the molecule is CCNC(=NCc1ccc(OCC)c(F)c1)NCc1ccnc2ccccc12.I. The van der Waals surface area contributed by atoms with Gasteiger partial charge in [-0.15, -0.1) is 24.0 Å². The number of nitrogens with one attached hydrogen (secondary N) is 2. The molecule has 0 fully saturated rings. The highest BCUT2D eigenvalue weighted by molar-refractivity contribution is 14.0. The van der Waals surface area contributed by atoms with Crippen molar-refractivity contribution in [2.75, 3.05) is 13.2 Å². The number of aliphatic imine (C=N–C) groups is 1. The summed E-state index contributed by atoms with van der Waals surface area (Å²) in [5.41, 5.74) is 2.89. The van der Waals surface area contributed by atoms with Crippen molar-refractivity contribution in [2.24, 2.45) is 4.99 Å². The lowest BCUT2D eigenvalue weighted by molar-refractivity contribution is 0.321. The van der Waals surface area contributed by atoms with E-state index in [4.69, 9.17) is 4.74 Å². The maximum absolute atomic E-state index is 14.0. The number of hydrogen-bond acceptors (Lipinski definition) is 3. The van der Waals surface area contributed by atoms with Crippen molar-refractivity contribution in [1.29, 1.82) is 0 Å². The minimum Gasteiger partial charge on any atom is -0.491 e. The minimum atomic E-state index is -0.365. The highest BCUT2D eigenvalue weighted by Crippen LogP contribution is 2.19. The van der Waals surface area contributed by atoms with Gasteiger partial charge >= 0.3 is 0 Å². The van der Waals surface area contributed by atoms with Gasteiger partial charge in [0, 0.05) is 24.7 Å². The van der Waals surface area contributed by atoms with Gasteiger partial charge in [0.1, 0.15) is 0 Å². The van der Waals surface area contributed by atoms with E-state index >= 15 is 0 Å². The standard InChI is InChI=1S/C22H25FN4O.HI/c1-3-24-22(26-14-16-9-10-21(28-4-2)19(23)13-16)27-15-17-11-12-25-20-8-6-5-7-18(17)20;/h5-13H,3-4,14-15H2,1-2H3,(H2,24,26,27);1H.